The van der Waals surface area contributed by atoms with Crippen molar-refractivity contribution >= 4 is 5.91 Å². The first-order valence-corrected chi connectivity index (χ1v) is 10.4. The molecule has 1 aromatic carbocycles. The van der Waals surface area contributed by atoms with Gasteiger partial charge < -0.3 is 10.0 Å². The molecule has 6 heteroatoms. The van der Waals surface area contributed by atoms with Crippen molar-refractivity contribution in [3.63, 3.8) is 0 Å². The second-order valence-corrected chi connectivity index (χ2v) is 8.29. The number of hydrogen-bond acceptors (Lipinski definition) is 3. The third-order valence-corrected chi connectivity index (χ3v) is 6.77. The number of hydrogen-bond donors (Lipinski definition) is 2. The average molecular weight is 383 g/mol. The molecule has 1 amide bonds. The van der Waals surface area contributed by atoms with Crippen LogP contribution in [0.5, 0.6) is 0 Å². The van der Waals surface area contributed by atoms with Crippen molar-refractivity contribution in [1.82, 2.24) is 14.7 Å². The number of benzene rings is 1. The zero-order chi connectivity index (χ0) is 19.9. The summed E-state index contributed by atoms with van der Waals surface area (Å²) in [4.78, 5) is 27.4. The van der Waals surface area contributed by atoms with Gasteiger partial charge in [-0.05, 0) is 56.4 Å². The van der Waals surface area contributed by atoms with Gasteiger partial charge in [0.1, 0.15) is 0 Å². The summed E-state index contributed by atoms with van der Waals surface area (Å²) in [5.41, 5.74) is 2.05. The fraction of sp³-hybridized carbons (Fsp3) is 0.545. The van der Waals surface area contributed by atoms with E-state index in [1.807, 2.05) is 17.0 Å². The monoisotopic (exact) mass is 383 g/mol. The lowest BCUT2D eigenvalue weighted by molar-refractivity contribution is 0.0557. The largest absolute Gasteiger partial charge is 0.396 e. The number of carbonyl (C=O) groups excluding carboxylic acids is 1. The van der Waals surface area contributed by atoms with Crippen molar-refractivity contribution in [3.8, 4) is 5.69 Å². The van der Waals surface area contributed by atoms with E-state index >= 15 is 0 Å². The van der Waals surface area contributed by atoms with Crippen LogP contribution in [0.2, 0.25) is 0 Å². The minimum Gasteiger partial charge on any atom is -0.396 e. The van der Waals surface area contributed by atoms with Crippen molar-refractivity contribution < 1.29 is 9.90 Å². The van der Waals surface area contributed by atoms with Crippen LogP contribution in [0.3, 0.4) is 0 Å². The van der Waals surface area contributed by atoms with E-state index in [2.05, 4.69) is 18.9 Å². The Balaban J connectivity index is 1.57. The molecular formula is C22H29N3O3. The van der Waals surface area contributed by atoms with Crippen LogP contribution in [0.1, 0.15) is 62.0 Å². The van der Waals surface area contributed by atoms with Crippen LogP contribution in [0, 0.1) is 5.41 Å². The zero-order valence-corrected chi connectivity index (χ0v) is 16.6. The molecule has 2 N–H and O–H groups in total. The molecular weight excluding hydrogens is 354 g/mol. The Hall–Kier alpha value is -2.34. The first-order chi connectivity index (χ1) is 13.5. The number of rotatable bonds is 6. The van der Waals surface area contributed by atoms with Crippen molar-refractivity contribution in [2.24, 2.45) is 5.41 Å². The second kappa shape index (κ2) is 7.24. The highest BCUT2D eigenvalue weighted by molar-refractivity contribution is 5.95. The molecule has 2 aromatic rings. The Morgan fingerprint density at radius 2 is 2.00 bits per heavy atom. The maximum Gasteiger partial charge on any atom is 0.271 e. The highest BCUT2D eigenvalue weighted by atomic mass is 16.3. The van der Waals surface area contributed by atoms with Gasteiger partial charge in [0.25, 0.3) is 11.5 Å². The van der Waals surface area contributed by atoms with Crippen molar-refractivity contribution in [1.29, 1.82) is 0 Å². The molecule has 2 aliphatic heterocycles. The number of H-pyrrole nitrogens is 1. The summed E-state index contributed by atoms with van der Waals surface area (Å²) >= 11 is 0. The lowest BCUT2D eigenvalue weighted by Crippen LogP contribution is -2.42. The van der Waals surface area contributed by atoms with Gasteiger partial charge in [-0.3, -0.25) is 14.7 Å². The SMILES string of the molecule is CCCc1cc(=O)n(-c2ccc(C(=O)N3[C@@H]4CC[C@H]3[C@@](CC)(CO)C4)cc2)[nH]1. The molecule has 2 aliphatic rings. The quantitative estimate of drug-likeness (QED) is 0.805. The number of aliphatic hydroxyl groups is 1. The van der Waals surface area contributed by atoms with Crippen molar-refractivity contribution in [2.75, 3.05) is 6.61 Å². The molecule has 4 rings (SSSR count). The Morgan fingerprint density at radius 1 is 1.25 bits per heavy atom. The van der Waals surface area contributed by atoms with Gasteiger partial charge in [0, 0.05) is 34.8 Å². The predicted octanol–water partition coefficient (Wildman–Crippen LogP) is 2.88. The number of nitrogens with zero attached hydrogens (tertiary/aromatic N) is 2. The number of fused-ring (bicyclic) bond motifs is 2. The molecule has 2 bridgehead atoms. The molecule has 3 atom stereocenters. The van der Waals surface area contributed by atoms with Gasteiger partial charge in [-0.25, -0.2) is 4.68 Å². The van der Waals surface area contributed by atoms with Crippen molar-refractivity contribution in [3.05, 3.63) is 51.9 Å². The van der Waals surface area contributed by atoms with Crippen LogP contribution >= 0.6 is 0 Å². The maximum absolute atomic E-state index is 13.2. The molecule has 2 fully saturated rings. The van der Waals surface area contributed by atoms with Crippen LogP contribution in [0.4, 0.5) is 0 Å². The van der Waals surface area contributed by atoms with Gasteiger partial charge in [-0.15, -0.1) is 0 Å². The van der Waals surface area contributed by atoms with Gasteiger partial charge in [0.2, 0.25) is 0 Å². The molecule has 0 spiro atoms. The third kappa shape index (κ3) is 2.91. The van der Waals surface area contributed by atoms with Crippen molar-refractivity contribution in [2.45, 2.75) is 64.5 Å². The third-order valence-electron chi connectivity index (χ3n) is 6.77. The smallest absolute Gasteiger partial charge is 0.271 e. The molecule has 2 saturated heterocycles. The van der Waals surface area contributed by atoms with E-state index in [0.717, 1.165) is 49.9 Å². The molecule has 3 heterocycles. The molecule has 6 nitrogen and oxygen atoms in total. The molecule has 1 aromatic heterocycles. The molecule has 150 valence electrons. The maximum atomic E-state index is 13.2. The van der Waals surface area contributed by atoms with Crippen LogP contribution in [-0.2, 0) is 6.42 Å². The van der Waals surface area contributed by atoms with Crippen LogP contribution in [0.25, 0.3) is 5.69 Å². The minimum absolute atomic E-state index is 0.0355. The van der Waals surface area contributed by atoms with Gasteiger partial charge >= 0.3 is 0 Å². The van der Waals surface area contributed by atoms with E-state index in [-0.39, 0.29) is 35.6 Å². The number of aryl methyl sites for hydroxylation is 1. The van der Waals surface area contributed by atoms with Gasteiger partial charge in [-0.2, -0.15) is 0 Å². The molecule has 0 radical (unpaired) electrons. The average Bonchev–Trinajstić information content (AvgIpc) is 3.39. The summed E-state index contributed by atoms with van der Waals surface area (Å²) in [6.07, 6.45) is 5.59. The normalized spacial score (nSPS) is 26.2. The molecule has 0 unspecified atom stereocenters. The summed E-state index contributed by atoms with van der Waals surface area (Å²) in [6, 6.07) is 9.22. The van der Waals surface area contributed by atoms with E-state index in [0.29, 0.717) is 5.56 Å². The van der Waals surface area contributed by atoms with E-state index < -0.39 is 0 Å². The molecule has 0 saturated carbocycles. The number of nitrogens with one attached hydrogen (secondary N) is 1. The number of aromatic amines is 1. The number of aromatic nitrogens is 2. The number of amides is 1. The highest BCUT2D eigenvalue weighted by Crippen LogP contribution is 2.51. The zero-order valence-electron chi connectivity index (χ0n) is 16.6. The van der Waals surface area contributed by atoms with Crippen LogP contribution in [0.15, 0.2) is 35.1 Å². The number of aliphatic hydroxyl groups excluding tert-OH is 1. The first-order valence-electron chi connectivity index (χ1n) is 10.4. The summed E-state index contributed by atoms with van der Waals surface area (Å²) < 4.78 is 1.52. The molecule has 0 aliphatic carbocycles. The van der Waals surface area contributed by atoms with E-state index in [9.17, 15) is 14.7 Å². The fourth-order valence-electron chi connectivity index (χ4n) is 5.19. The Kier molecular flexibility index (Phi) is 4.91. The van der Waals surface area contributed by atoms with Gasteiger partial charge in [0.15, 0.2) is 0 Å². The summed E-state index contributed by atoms with van der Waals surface area (Å²) in [6.45, 7) is 4.32. The van der Waals surface area contributed by atoms with Crippen LogP contribution in [-0.4, -0.2) is 44.4 Å². The second-order valence-electron chi connectivity index (χ2n) is 8.29. The van der Waals surface area contributed by atoms with E-state index in [1.165, 1.54) is 4.68 Å². The van der Waals surface area contributed by atoms with E-state index in [1.54, 1.807) is 18.2 Å². The lowest BCUT2D eigenvalue weighted by Gasteiger charge is -2.34. The Bertz CT molecular complexity index is 908. The standard InChI is InChI=1S/C22H29N3O3/c1-3-5-16-12-20(27)25(23-16)17-8-6-15(7-9-17)21(28)24-18-10-11-19(24)22(4-2,13-18)14-26/h6-9,12,18-19,23,26H,3-5,10-11,13-14H2,1-2H3/t18-,19+,22-/m1/s1. The van der Waals surface area contributed by atoms with Gasteiger partial charge in [0.05, 0.1) is 12.3 Å². The summed E-state index contributed by atoms with van der Waals surface area (Å²) in [5.74, 6) is 0.0355. The summed E-state index contributed by atoms with van der Waals surface area (Å²) in [5, 5.41) is 13.1. The van der Waals surface area contributed by atoms with Gasteiger partial charge in [-0.1, -0.05) is 20.3 Å². The van der Waals surface area contributed by atoms with E-state index in [4.69, 9.17) is 0 Å². The predicted molar refractivity (Wildman–Crippen MR) is 108 cm³/mol. The Morgan fingerprint density at radius 3 is 2.61 bits per heavy atom. The number of carbonyl (C=O) groups is 1. The lowest BCUT2D eigenvalue weighted by atomic mass is 9.72. The Labute approximate surface area is 165 Å². The topological polar surface area (TPSA) is 78.3 Å². The first kappa shape index (κ1) is 19.0. The van der Waals surface area contributed by atoms with Crippen LogP contribution < -0.4 is 5.56 Å². The minimum atomic E-state index is -0.147. The highest BCUT2D eigenvalue weighted by Gasteiger charge is 2.56. The fourth-order valence-corrected chi connectivity index (χ4v) is 5.19. The summed E-state index contributed by atoms with van der Waals surface area (Å²) in [7, 11) is 0. The molecule has 28 heavy (non-hydrogen) atoms.